The van der Waals surface area contributed by atoms with E-state index >= 15 is 0 Å². The zero-order chi connectivity index (χ0) is 32.6. The topological polar surface area (TPSA) is 18.5 Å². The van der Waals surface area contributed by atoms with Crippen LogP contribution in [0.2, 0.25) is 0 Å². The van der Waals surface area contributed by atoms with Crippen molar-refractivity contribution in [2.24, 2.45) is 0 Å². The van der Waals surface area contributed by atoms with Gasteiger partial charge in [-0.25, -0.2) is 0 Å². The molecule has 0 fully saturated rings. The van der Waals surface area contributed by atoms with E-state index in [1.807, 2.05) is 0 Å². The van der Waals surface area contributed by atoms with E-state index in [0.717, 1.165) is 0 Å². The Bertz CT molecular complexity index is 1720. The van der Waals surface area contributed by atoms with E-state index in [0.29, 0.717) is 0 Å². The Hall–Kier alpha value is -4.76. The molecular formula is C44H44O2. The quantitative estimate of drug-likeness (QED) is 0.195. The summed E-state index contributed by atoms with van der Waals surface area (Å²) in [4.78, 5) is 0. The van der Waals surface area contributed by atoms with Crippen molar-refractivity contribution in [3.8, 4) is 22.3 Å². The van der Waals surface area contributed by atoms with Gasteiger partial charge in [-0.2, -0.15) is 0 Å². The van der Waals surface area contributed by atoms with Gasteiger partial charge >= 0.3 is 0 Å². The lowest BCUT2D eigenvalue weighted by atomic mass is 9.68. The second kappa shape index (κ2) is 14.6. The van der Waals surface area contributed by atoms with Crippen molar-refractivity contribution in [1.29, 1.82) is 0 Å². The molecule has 2 aliphatic carbocycles. The van der Waals surface area contributed by atoms with Crippen LogP contribution in [0.15, 0.2) is 158 Å². The summed E-state index contributed by atoms with van der Waals surface area (Å²) < 4.78 is 8.50. The molecule has 0 N–H and O–H groups in total. The minimum absolute atomic E-state index is 0.160. The highest BCUT2D eigenvalue weighted by Gasteiger charge is 2.45. The normalized spacial score (nSPS) is 13.5. The summed E-state index contributed by atoms with van der Waals surface area (Å²) >= 11 is 0. The smallest absolute Gasteiger partial charge is 0.0713 e. The zero-order valence-corrected chi connectivity index (χ0v) is 27.8. The standard InChI is InChI=1S/C25H18.C15H14.2C2H6O/c1-3-11-19(12-4-1)25(20-13-5-2-6-14-20)23-17-9-7-15-21(23)22-16-8-10-18-24(22)25;1-15(2)13-9-5-3-7-11(13)12-8-4-6-10-14(12)15;2*1-3-2/h1-18H;3-10H,1-2H3;2*1-2H3. The SMILES string of the molecule is CC1(C)c2ccccc2-c2ccccc21.COC.COC.c1ccc(C2(c3ccccc3)c3ccccc3-c3ccccc32)cc1. The molecule has 0 spiro atoms. The number of fused-ring (bicyclic) bond motifs is 6. The maximum atomic E-state index is 4.25. The predicted octanol–water partition coefficient (Wildman–Crippen LogP) is 10.6. The van der Waals surface area contributed by atoms with Crippen molar-refractivity contribution >= 4 is 0 Å². The largest absolute Gasteiger partial charge is 0.388 e. The number of hydrogen-bond acceptors (Lipinski definition) is 2. The summed E-state index contributed by atoms with van der Waals surface area (Å²) in [6, 6.07) is 56.9. The highest BCUT2D eigenvalue weighted by Crippen LogP contribution is 2.55. The summed E-state index contributed by atoms with van der Waals surface area (Å²) in [5, 5.41) is 0. The molecule has 0 bridgehead atoms. The summed E-state index contributed by atoms with van der Waals surface area (Å²) in [6.45, 7) is 4.61. The molecule has 0 unspecified atom stereocenters. The number of rotatable bonds is 2. The highest BCUT2D eigenvalue weighted by atomic mass is 16.5. The molecule has 46 heavy (non-hydrogen) atoms. The van der Waals surface area contributed by atoms with E-state index in [1.54, 1.807) is 28.4 Å². The van der Waals surface area contributed by atoms with Gasteiger partial charge in [-0.15, -0.1) is 0 Å². The van der Waals surface area contributed by atoms with Gasteiger partial charge in [-0.05, 0) is 55.6 Å². The fourth-order valence-electron chi connectivity index (χ4n) is 7.07. The third kappa shape index (κ3) is 5.83. The molecule has 0 radical (unpaired) electrons. The molecule has 6 aromatic rings. The van der Waals surface area contributed by atoms with Crippen molar-refractivity contribution in [1.82, 2.24) is 0 Å². The van der Waals surface area contributed by atoms with E-state index < -0.39 is 0 Å². The molecule has 2 aliphatic rings. The van der Waals surface area contributed by atoms with Gasteiger partial charge in [0.15, 0.2) is 0 Å². The fourth-order valence-corrected chi connectivity index (χ4v) is 7.07. The summed E-state index contributed by atoms with van der Waals surface area (Å²) in [5.41, 5.74) is 13.7. The van der Waals surface area contributed by atoms with E-state index in [4.69, 9.17) is 0 Å². The van der Waals surface area contributed by atoms with E-state index in [1.165, 1.54) is 55.6 Å². The molecule has 2 nitrogen and oxygen atoms in total. The van der Waals surface area contributed by atoms with Crippen molar-refractivity contribution in [3.63, 3.8) is 0 Å². The van der Waals surface area contributed by atoms with Gasteiger partial charge < -0.3 is 9.47 Å². The van der Waals surface area contributed by atoms with Crippen LogP contribution < -0.4 is 0 Å². The van der Waals surface area contributed by atoms with Crippen LogP contribution in [0.5, 0.6) is 0 Å². The summed E-state index contributed by atoms with van der Waals surface area (Å²) in [7, 11) is 6.50. The first-order chi connectivity index (χ1) is 22.5. The van der Waals surface area contributed by atoms with E-state index in [2.05, 4.69) is 181 Å². The molecule has 0 amide bonds. The Morgan fingerprint density at radius 1 is 0.326 bits per heavy atom. The molecule has 2 heteroatoms. The van der Waals surface area contributed by atoms with E-state index in [-0.39, 0.29) is 10.8 Å². The lowest BCUT2D eigenvalue weighted by Gasteiger charge is -2.33. The molecule has 0 atom stereocenters. The van der Waals surface area contributed by atoms with Gasteiger partial charge in [0.1, 0.15) is 0 Å². The van der Waals surface area contributed by atoms with E-state index in [9.17, 15) is 0 Å². The van der Waals surface area contributed by atoms with Gasteiger partial charge in [0, 0.05) is 33.9 Å². The average molecular weight is 605 g/mol. The van der Waals surface area contributed by atoms with Gasteiger partial charge in [0.05, 0.1) is 5.41 Å². The van der Waals surface area contributed by atoms with Crippen LogP contribution >= 0.6 is 0 Å². The first-order valence-electron chi connectivity index (χ1n) is 15.8. The Morgan fingerprint density at radius 3 is 0.891 bits per heavy atom. The van der Waals surface area contributed by atoms with Crippen LogP contribution in [-0.4, -0.2) is 28.4 Å². The van der Waals surface area contributed by atoms with Crippen molar-refractivity contribution in [3.05, 3.63) is 191 Å². The summed E-state index contributed by atoms with van der Waals surface area (Å²) in [5.74, 6) is 0. The molecule has 0 aliphatic heterocycles. The fraction of sp³-hybridized carbons (Fsp3) is 0.182. The lowest BCUT2D eigenvalue weighted by molar-refractivity contribution is 0.277. The number of benzene rings is 6. The monoisotopic (exact) mass is 604 g/mol. The Labute approximate surface area is 275 Å². The minimum atomic E-state index is -0.254. The van der Waals surface area contributed by atoms with Gasteiger partial charge in [0.25, 0.3) is 0 Å². The average Bonchev–Trinajstić information content (AvgIpc) is 3.53. The van der Waals surface area contributed by atoms with Gasteiger partial charge in [-0.3, -0.25) is 0 Å². The molecule has 0 saturated heterocycles. The second-order valence-electron chi connectivity index (χ2n) is 12.1. The third-order valence-electron chi connectivity index (χ3n) is 8.86. The van der Waals surface area contributed by atoms with Crippen LogP contribution in [0.3, 0.4) is 0 Å². The van der Waals surface area contributed by atoms with Crippen LogP contribution in [0, 0.1) is 0 Å². The maximum absolute atomic E-state index is 4.25. The van der Waals surface area contributed by atoms with Crippen LogP contribution in [0.4, 0.5) is 0 Å². The first kappa shape index (κ1) is 32.6. The molecule has 6 aromatic carbocycles. The maximum Gasteiger partial charge on any atom is 0.0713 e. The van der Waals surface area contributed by atoms with Crippen molar-refractivity contribution < 1.29 is 9.47 Å². The second-order valence-corrected chi connectivity index (χ2v) is 12.1. The molecular weight excluding hydrogens is 560 g/mol. The van der Waals surface area contributed by atoms with Crippen LogP contribution in [0.25, 0.3) is 22.3 Å². The number of ether oxygens (including phenoxy) is 2. The molecule has 0 aromatic heterocycles. The van der Waals surface area contributed by atoms with Gasteiger partial charge in [0.2, 0.25) is 0 Å². The Morgan fingerprint density at radius 2 is 0.565 bits per heavy atom. The molecule has 232 valence electrons. The highest BCUT2D eigenvalue weighted by molar-refractivity contribution is 5.86. The number of methoxy groups -OCH3 is 2. The Kier molecular flexibility index (Phi) is 10.3. The van der Waals surface area contributed by atoms with Crippen LogP contribution in [-0.2, 0) is 20.3 Å². The lowest BCUT2D eigenvalue weighted by Crippen LogP contribution is -2.28. The third-order valence-corrected chi connectivity index (χ3v) is 8.86. The first-order valence-corrected chi connectivity index (χ1v) is 15.8. The Balaban J connectivity index is 0.000000169. The predicted molar refractivity (Wildman–Crippen MR) is 194 cm³/mol. The molecule has 0 heterocycles. The number of hydrogen-bond donors (Lipinski definition) is 0. The minimum Gasteiger partial charge on any atom is -0.388 e. The zero-order valence-electron chi connectivity index (χ0n) is 27.8. The molecule has 8 rings (SSSR count). The van der Waals surface area contributed by atoms with Crippen molar-refractivity contribution in [2.75, 3.05) is 28.4 Å². The molecule has 0 saturated carbocycles. The summed E-state index contributed by atoms with van der Waals surface area (Å²) in [6.07, 6.45) is 0. The van der Waals surface area contributed by atoms with Gasteiger partial charge in [-0.1, -0.05) is 172 Å². The van der Waals surface area contributed by atoms with Crippen LogP contribution in [0.1, 0.15) is 47.2 Å². The van der Waals surface area contributed by atoms with Crippen molar-refractivity contribution in [2.45, 2.75) is 24.7 Å².